The fourth-order valence-corrected chi connectivity index (χ4v) is 2.80. The summed E-state index contributed by atoms with van der Waals surface area (Å²) in [6.07, 6.45) is 15.3. The van der Waals surface area contributed by atoms with Gasteiger partial charge < -0.3 is 14.8 Å². The van der Waals surface area contributed by atoms with E-state index >= 15 is 0 Å². The van der Waals surface area contributed by atoms with E-state index in [1.807, 2.05) is 0 Å². The van der Waals surface area contributed by atoms with E-state index in [4.69, 9.17) is 14.8 Å². The zero-order valence-electron chi connectivity index (χ0n) is 14.6. The molecule has 3 nitrogen and oxygen atoms in total. The van der Waals surface area contributed by atoms with Gasteiger partial charge in [0.1, 0.15) is 5.75 Å². The maximum absolute atomic E-state index is 7.00. The molecule has 2 aliphatic carbocycles. The summed E-state index contributed by atoms with van der Waals surface area (Å²) >= 11 is 0. The Kier molecular flexibility index (Phi) is 11.7. The molecule has 1 radical (unpaired) electrons. The summed E-state index contributed by atoms with van der Waals surface area (Å²) in [6.45, 7) is 3.17. The molecule has 2 N–H and O–H groups in total. The lowest BCUT2D eigenvalue weighted by Crippen LogP contribution is -1.96. The van der Waals surface area contributed by atoms with Crippen LogP contribution in [0.1, 0.15) is 77.6 Å². The zero-order valence-corrected chi connectivity index (χ0v) is 14.6. The smallest absolute Gasteiger partial charge is 0.482 e. The number of hydrogen-bond donors (Lipinski definition) is 2. The summed E-state index contributed by atoms with van der Waals surface area (Å²) in [5.74, 6) is 1.10. The monoisotopic (exact) mass is 319 g/mol. The number of fused-ring (bicyclic) bond motifs is 1. The average Bonchev–Trinajstić information content (AvgIpc) is 3.23. The zero-order chi connectivity index (χ0) is 16.8. The summed E-state index contributed by atoms with van der Waals surface area (Å²) in [5, 5.41) is 14.0. The van der Waals surface area contributed by atoms with E-state index in [1.54, 1.807) is 0 Å². The second kappa shape index (κ2) is 13.4. The molecule has 0 atom stereocenters. The Morgan fingerprint density at radius 2 is 1.35 bits per heavy atom. The van der Waals surface area contributed by atoms with Crippen molar-refractivity contribution in [1.29, 1.82) is 0 Å². The van der Waals surface area contributed by atoms with E-state index in [0.29, 0.717) is 0 Å². The SMILES string of the molecule is CCCCCCCCCCCCCOc1ccc2cc1-2.O[B]O. The fraction of sp³-hybridized carbons (Fsp3) is 0.684. The highest BCUT2D eigenvalue weighted by Crippen LogP contribution is 2.43. The van der Waals surface area contributed by atoms with Gasteiger partial charge in [0, 0.05) is 5.56 Å². The second-order valence-corrected chi connectivity index (χ2v) is 6.21. The third-order valence-electron chi connectivity index (χ3n) is 4.21. The number of hydrogen-bond acceptors (Lipinski definition) is 3. The number of unbranched alkanes of at least 4 members (excludes halogenated alkanes) is 10. The first-order chi connectivity index (χ1) is 11.3. The second-order valence-electron chi connectivity index (χ2n) is 6.21. The van der Waals surface area contributed by atoms with E-state index in [9.17, 15) is 0 Å². The van der Waals surface area contributed by atoms with Gasteiger partial charge in [0.15, 0.2) is 0 Å². The van der Waals surface area contributed by atoms with Crippen molar-refractivity contribution in [1.82, 2.24) is 0 Å². The normalized spacial score (nSPS) is 10.7. The molecule has 4 heteroatoms. The summed E-state index contributed by atoms with van der Waals surface area (Å²) < 4.78 is 5.78. The Bertz CT molecular complexity index is 410. The minimum Gasteiger partial charge on any atom is -0.493 e. The maximum Gasteiger partial charge on any atom is 0.482 e. The van der Waals surface area contributed by atoms with Crippen molar-refractivity contribution >= 4 is 7.69 Å². The van der Waals surface area contributed by atoms with Crippen LogP contribution in [0.5, 0.6) is 5.75 Å². The van der Waals surface area contributed by atoms with Crippen molar-refractivity contribution in [2.24, 2.45) is 0 Å². The van der Waals surface area contributed by atoms with Crippen LogP contribution >= 0.6 is 0 Å². The molecule has 0 unspecified atom stereocenters. The first-order valence-corrected chi connectivity index (χ1v) is 9.20. The van der Waals surface area contributed by atoms with Gasteiger partial charge >= 0.3 is 7.69 Å². The molecule has 129 valence electrons. The quantitative estimate of drug-likeness (QED) is 0.409. The largest absolute Gasteiger partial charge is 0.493 e. The van der Waals surface area contributed by atoms with Crippen LogP contribution < -0.4 is 4.74 Å². The molecule has 0 aromatic rings. The molecule has 0 amide bonds. The number of rotatable bonds is 13. The van der Waals surface area contributed by atoms with Gasteiger partial charge in [-0.1, -0.05) is 77.2 Å². The van der Waals surface area contributed by atoms with Crippen LogP contribution in [0, 0.1) is 0 Å². The molecule has 0 fully saturated rings. The summed E-state index contributed by atoms with van der Waals surface area (Å²) in [6, 6.07) is 6.43. The van der Waals surface area contributed by atoms with Gasteiger partial charge in [0.05, 0.1) is 6.61 Å². The molecule has 23 heavy (non-hydrogen) atoms. The van der Waals surface area contributed by atoms with Crippen LogP contribution in [0.25, 0.3) is 11.1 Å². The van der Waals surface area contributed by atoms with Gasteiger partial charge in [-0.25, -0.2) is 0 Å². The van der Waals surface area contributed by atoms with Crippen molar-refractivity contribution in [2.75, 3.05) is 6.61 Å². The van der Waals surface area contributed by atoms with Crippen LogP contribution in [0.2, 0.25) is 0 Å². The Labute approximate surface area is 142 Å². The van der Waals surface area contributed by atoms with E-state index in [1.165, 1.54) is 81.8 Å². The van der Waals surface area contributed by atoms with Crippen molar-refractivity contribution < 1.29 is 14.8 Å². The van der Waals surface area contributed by atoms with Crippen molar-refractivity contribution in [2.45, 2.75) is 77.6 Å². The molecule has 2 aliphatic rings. The Hall–Kier alpha value is -0.995. The Morgan fingerprint density at radius 1 is 0.826 bits per heavy atom. The highest BCUT2D eigenvalue weighted by atomic mass is 16.5. The van der Waals surface area contributed by atoms with Gasteiger partial charge in [-0.2, -0.15) is 0 Å². The van der Waals surface area contributed by atoms with Gasteiger partial charge in [0.25, 0.3) is 0 Å². The van der Waals surface area contributed by atoms with Gasteiger partial charge in [-0.05, 0) is 24.1 Å². The summed E-state index contributed by atoms with van der Waals surface area (Å²) in [7, 11) is 0. The molecular formula is C19H32BO3. The molecule has 0 aromatic carbocycles. The summed E-state index contributed by atoms with van der Waals surface area (Å²) in [4.78, 5) is 0. The standard InChI is InChI=1S/C19H30O.BH2O2/c1-2-3-4-5-6-7-8-9-10-11-12-15-20-19-14-13-17-16-18(17)19;2-1-3/h13-14,16H,2-12,15H2,1H3;2-3H. The lowest BCUT2D eigenvalue weighted by molar-refractivity contribution is 0.306. The third-order valence-corrected chi connectivity index (χ3v) is 4.21. The molecular weight excluding hydrogens is 287 g/mol. The lowest BCUT2D eigenvalue weighted by Gasteiger charge is -2.04. The molecule has 0 saturated carbocycles. The van der Waals surface area contributed by atoms with E-state index in [2.05, 4.69) is 25.1 Å². The average molecular weight is 319 g/mol. The predicted molar refractivity (Wildman–Crippen MR) is 97.6 cm³/mol. The van der Waals surface area contributed by atoms with Crippen LogP contribution in [0.4, 0.5) is 0 Å². The van der Waals surface area contributed by atoms with E-state index in [-0.39, 0.29) is 7.69 Å². The summed E-state index contributed by atoms with van der Waals surface area (Å²) in [5.41, 5.74) is 2.71. The van der Waals surface area contributed by atoms with Crippen molar-refractivity contribution in [3.8, 4) is 16.9 Å². The first-order valence-electron chi connectivity index (χ1n) is 9.20. The number of ether oxygens (including phenoxy) is 1. The van der Waals surface area contributed by atoms with Crippen LogP contribution in [0.3, 0.4) is 0 Å². The molecule has 0 spiro atoms. The molecule has 0 aromatic heterocycles. The van der Waals surface area contributed by atoms with Gasteiger partial charge in [0.2, 0.25) is 0 Å². The van der Waals surface area contributed by atoms with E-state index in [0.717, 1.165) is 12.4 Å². The van der Waals surface area contributed by atoms with Crippen molar-refractivity contribution in [3.05, 3.63) is 18.2 Å². The Balaban J connectivity index is 0.000000816. The molecule has 2 rings (SSSR count). The topological polar surface area (TPSA) is 49.7 Å². The molecule has 0 saturated heterocycles. The van der Waals surface area contributed by atoms with Crippen LogP contribution in [-0.2, 0) is 0 Å². The highest BCUT2D eigenvalue weighted by Gasteiger charge is 2.17. The molecule has 0 aliphatic heterocycles. The minimum absolute atomic E-state index is 0. The van der Waals surface area contributed by atoms with E-state index < -0.39 is 0 Å². The predicted octanol–water partition coefficient (Wildman–Crippen LogP) is 4.86. The first kappa shape index (κ1) is 20.1. The minimum atomic E-state index is 0. The number of benzene rings is 1. The highest BCUT2D eigenvalue weighted by molar-refractivity contribution is 6.13. The lowest BCUT2D eigenvalue weighted by atomic mass is 10.1. The van der Waals surface area contributed by atoms with Crippen LogP contribution in [0.15, 0.2) is 18.2 Å². The maximum atomic E-state index is 7.00. The Morgan fingerprint density at radius 3 is 1.78 bits per heavy atom. The third kappa shape index (κ3) is 9.67. The van der Waals surface area contributed by atoms with Crippen molar-refractivity contribution in [3.63, 3.8) is 0 Å². The molecule has 0 heterocycles. The van der Waals surface area contributed by atoms with Gasteiger partial charge in [-0.15, -0.1) is 0 Å². The van der Waals surface area contributed by atoms with Crippen LogP contribution in [-0.4, -0.2) is 24.3 Å². The fourth-order valence-electron chi connectivity index (χ4n) is 2.80. The molecule has 0 bridgehead atoms. The van der Waals surface area contributed by atoms with Gasteiger partial charge in [-0.3, -0.25) is 0 Å².